The van der Waals surface area contributed by atoms with Crippen LogP contribution in [-0.2, 0) is 5.33 Å². The SMILES string of the molecule is CC1CCN(c2nc3sccn3c2CBr)CC1C. The summed E-state index contributed by atoms with van der Waals surface area (Å²) in [5, 5.41) is 2.96. The fraction of sp³-hybridized carbons (Fsp3) is 0.615. The van der Waals surface area contributed by atoms with Gasteiger partial charge >= 0.3 is 0 Å². The van der Waals surface area contributed by atoms with E-state index in [1.165, 1.54) is 17.9 Å². The Kier molecular flexibility index (Phi) is 3.36. The van der Waals surface area contributed by atoms with E-state index in [1.54, 1.807) is 11.3 Å². The number of imidazole rings is 1. The van der Waals surface area contributed by atoms with Gasteiger partial charge in [0.25, 0.3) is 0 Å². The van der Waals surface area contributed by atoms with Crippen LogP contribution in [0.5, 0.6) is 0 Å². The molecule has 2 atom stereocenters. The number of piperidine rings is 1. The molecule has 0 saturated carbocycles. The van der Waals surface area contributed by atoms with Gasteiger partial charge in [0.2, 0.25) is 0 Å². The second kappa shape index (κ2) is 4.85. The van der Waals surface area contributed by atoms with Crippen LogP contribution in [0.4, 0.5) is 5.82 Å². The van der Waals surface area contributed by atoms with Gasteiger partial charge in [0.1, 0.15) is 0 Å². The number of anilines is 1. The van der Waals surface area contributed by atoms with E-state index in [2.05, 4.69) is 50.7 Å². The van der Waals surface area contributed by atoms with Crippen molar-refractivity contribution in [1.29, 1.82) is 0 Å². The Morgan fingerprint density at radius 3 is 3.00 bits per heavy atom. The highest BCUT2D eigenvalue weighted by atomic mass is 79.9. The molecule has 18 heavy (non-hydrogen) atoms. The second-order valence-electron chi connectivity index (χ2n) is 5.26. The van der Waals surface area contributed by atoms with E-state index in [-0.39, 0.29) is 0 Å². The summed E-state index contributed by atoms with van der Waals surface area (Å²) >= 11 is 5.31. The summed E-state index contributed by atoms with van der Waals surface area (Å²) in [5.74, 6) is 2.76. The van der Waals surface area contributed by atoms with Gasteiger partial charge in [-0.2, -0.15) is 0 Å². The predicted molar refractivity (Wildman–Crippen MR) is 80.9 cm³/mol. The Morgan fingerprint density at radius 2 is 2.28 bits per heavy atom. The average molecular weight is 328 g/mol. The maximum Gasteiger partial charge on any atom is 0.195 e. The summed E-state index contributed by atoms with van der Waals surface area (Å²) in [6.07, 6.45) is 3.39. The molecule has 1 aliphatic heterocycles. The first kappa shape index (κ1) is 12.5. The largest absolute Gasteiger partial charge is 0.355 e. The lowest BCUT2D eigenvalue weighted by Crippen LogP contribution is -2.39. The summed E-state index contributed by atoms with van der Waals surface area (Å²) in [6.45, 7) is 6.98. The molecule has 3 rings (SSSR count). The van der Waals surface area contributed by atoms with Crippen molar-refractivity contribution < 1.29 is 0 Å². The van der Waals surface area contributed by atoms with Crippen LogP contribution >= 0.6 is 27.3 Å². The van der Waals surface area contributed by atoms with Gasteiger partial charge in [-0.1, -0.05) is 29.8 Å². The van der Waals surface area contributed by atoms with E-state index < -0.39 is 0 Å². The van der Waals surface area contributed by atoms with Crippen molar-refractivity contribution in [3.8, 4) is 0 Å². The number of rotatable bonds is 2. The second-order valence-corrected chi connectivity index (χ2v) is 6.69. The fourth-order valence-electron chi connectivity index (χ4n) is 2.65. The van der Waals surface area contributed by atoms with Gasteiger partial charge in [0.15, 0.2) is 10.8 Å². The van der Waals surface area contributed by atoms with Crippen molar-refractivity contribution in [3.63, 3.8) is 0 Å². The molecular formula is C13H18BrN3S. The van der Waals surface area contributed by atoms with Crippen LogP contribution in [0, 0.1) is 11.8 Å². The van der Waals surface area contributed by atoms with E-state index in [4.69, 9.17) is 4.98 Å². The first-order valence-corrected chi connectivity index (χ1v) is 8.46. The Morgan fingerprint density at radius 1 is 1.44 bits per heavy atom. The first-order valence-electron chi connectivity index (χ1n) is 6.46. The highest BCUT2D eigenvalue weighted by Gasteiger charge is 2.26. The maximum absolute atomic E-state index is 4.80. The van der Waals surface area contributed by atoms with E-state index in [9.17, 15) is 0 Å². The summed E-state index contributed by atoms with van der Waals surface area (Å²) in [7, 11) is 0. The van der Waals surface area contributed by atoms with Crippen LogP contribution in [-0.4, -0.2) is 22.5 Å². The van der Waals surface area contributed by atoms with Gasteiger partial charge in [-0.15, -0.1) is 11.3 Å². The molecule has 1 saturated heterocycles. The summed E-state index contributed by atoms with van der Waals surface area (Å²) in [5.41, 5.74) is 1.29. The minimum atomic E-state index is 0.752. The van der Waals surface area contributed by atoms with Crippen molar-refractivity contribution in [3.05, 3.63) is 17.3 Å². The average Bonchev–Trinajstić information content (AvgIpc) is 2.92. The van der Waals surface area contributed by atoms with Crippen molar-refractivity contribution in [1.82, 2.24) is 9.38 Å². The number of halogens is 1. The smallest absolute Gasteiger partial charge is 0.195 e. The minimum absolute atomic E-state index is 0.752. The Balaban J connectivity index is 1.96. The number of aromatic nitrogens is 2. The molecule has 98 valence electrons. The third kappa shape index (κ3) is 1.97. The molecule has 2 aromatic heterocycles. The third-order valence-electron chi connectivity index (χ3n) is 4.10. The molecular weight excluding hydrogens is 310 g/mol. The number of fused-ring (bicyclic) bond motifs is 1. The number of nitrogens with zero attached hydrogens (tertiary/aromatic N) is 3. The Hall–Kier alpha value is -0.550. The molecule has 0 bridgehead atoms. The predicted octanol–water partition coefficient (Wildman–Crippen LogP) is 3.77. The van der Waals surface area contributed by atoms with Crippen molar-refractivity contribution in [2.45, 2.75) is 25.6 Å². The molecule has 1 aliphatic rings. The highest BCUT2D eigenvalue weighted by Crippen LogP contribution is 2.31. The molecule has 5 heteroatoms. The molecule has 3 nitrogen and oxygen atoms in total. The van der Waals surface area contributed by atoms with Crippen LogP contribution in [0.3, 0.4) is 0 Å². The van der Waals surface area contributed by atoms with Crippen molar-refractivity contribution in [2.24, 2.45) is 11.8 Å². The topological polar surface area (TPSA) is 20.5 Å². The van der Waals surface area contributed by atoms with Gasteiger partial charge in [0, 0.05) is 30.0 Å². The molecule has 0 spiro atoms. The number of hydrogen-bond acceptors (Lipinski definition) is 3. The zero-order chi connectivity index (χ0) is 12.7. The van der Waals surface area contributed by atoms with Crippen LogP contribution < -0.4 is 4.90 Å². The number of alkyl halides is 1. The van der Waals surface area contributed by atoms with E-state index in [0.29, 0.717) is 0 Å². The van der Waals surface area contributed by atoms with E-state index in [0.717, 1.165) is 35.2 Å². The van der Waals surface area contributed by atoms with Gasteiger partial charge in [-0.25, -0.2) is 4.98 Å². The Bertz CT molecular complexity index is 547. The molecule has 0 aromatic carbocycles. The van der Waals surface area contributed by atoms with E-state index in [1.807, 2.05) is 0 Å². The summed E-state index contributed by atoms with van der Waals surface area (Å²) < 4.78 is 2.21. The zero-order valence-electron chi connectivity index (χ0n) is 10.8. The summed E-state index contributed by atoms with van der Waals surface area (Å²) in [6, 6.07) is 0. The lowest BCUT2D eigenvalue weighted by Gasteiger charge is -2.35. The van der Waals surface area contributed by atoms with E-state index >= 15 is 0 Å². The standard InChI is InChI=1S/C13H18BrN3S/c1-9-3-4-16(8-10(9)2)12-11(7-14)17-5-6-18-13(17)15-12/h5-6,9-10H,3-4,7-8H2,1-2H3. The van der Waals surface area contributed by atoms with Crippen LogP contribution in [0.25, 0.3) is 4.96 Å². The van der Waals surface area contributed by atoms with Crippen LogP contribution in [0.2, 0.25) is 0 Å². The molecule has 3 heterocycles. The van der Waals surface area contributed by atoms with Gasteiger partial charge < -0.3 is 4.90 Å². The van der Waals surface area contributed by atoms with Crippen LogP contribution in [0.15, 0.2) is 11.6 Å². The van der Waals surface area contributed by atoms with Gasteiger partial charge in [-0.05, 0) is 18.3 Å². The normalized spacial score (nSPS) is 24.9. The minimum Gasteiger partial charge on any atom is -0.355 e. The number of hydrogen-bond donors (Lipinski definition) is 0. The Labute approximate surface area is 120 Å². The highest BCUT2D eigenvalue weighted by molar-refractivity contribution is 9.08. The van der Waals surface area contributed by atoms with Crippen molar-refractivity contribution >= 4 is 38.0 Å². The van der Waals surface area contributed by atoms with Gasteiger partial charge in [0.05, 0.1) is 5.69 Å². The molecule has 2 unspecified atom stereocenters. The zero-order valence-corrected chi connectivity index (χ0v) is 13.2. The molecule has 2 aromatic rings. The van der Waals surface area contributed by atoms with Gasteiger partial charge in [-0.3, -0.25) is 4.40 Å². The molecule has 0 aliphatic carbocycles. The quantitative estimate of drug-likeness (QED) is 0.782. The monoisotopic (exact) mass is 327 g/mol. The molecule has 0 amide bonds. The van der Waals surface area contributed by atoms with Crippen LogP contribution in [0.1, 0.15) is 26.0 Å². The number of thiazole rings is 1. The van der Waals surface area contributed by atoms with Crippen molar-refractivity contribution in [2.75, 3.05) is 18.0 Å². The summed E-state index contributed by atoms with van der Waals surface area (Å²) in [4.78, 5) is 8.37. The maximum atomic E-state index is 4.80. The fourth-order valence-corrected chi connectivity index (χ4v) is 3.90. The molecule has 1 fully saturated rings. The lowest BCUT2D eigenvalue weighted by atomic mass is 9.89. The first-order chi connectivity index (χ1) is 8.70. The lowest BCUT2D eigenvalue weighted by molar-refractivity contribution is 0.323. The third-order valence-corrected chi connectivity index (χ3v) is 5.39. The molecule has 0 radical (unpaired) electrons. The molecule has 0 N–H and O–H groups in total.